The van der Waals surface area contributed by atoms with Crippen molar-refractivity contribution in [1.82, 2.24) is 5.32 Å². The Hall–Kier alpha value is -0.710. The Morgan fingerprint density at radius 3 is 2.50 bits per heavy atom. The number of carboxylic acids is 1. The van der Waals surface area contributed by atoms with Crippen LogP contribution in [0.25, 0.3) is 0 Å². The molecule has 0 aromatic heterocycles. The van der Waals surface area contributed by atoms with Gasteiger partial charge < -0.3 is 10.4 Å². The smallest absolute Gasteiger partial charge is 0.394 e. The zero-order valence-electron chi connectivity index (χ0n) is 5.33. The van der Waals surface area contributed by atoms with Crippen LogP contribution >= 0.6 is 12.6 Å². The molecule has 0 atom stereocenters. The van der Waals surface area contributed by atoms with Gasteiger partial charge in [-0.25, -0.2) is 4.79 Å². The summed E-state index contributed by atoms with van der Waals surface area (Å²) in [7, 11) is 0. The molecule has 0 aromatic rings. The fourth-order valence-corrected chi connectivity index (χ4v) is 0.515. The number of carbonyl (C=O) groups is 2. The normalized spacial score (nSPS) is 8.90. The van der Waals surface area contributed by atoms with Crippen LogP contribution in [-0.2, 0) is 9.59 Å². The summed E-state index contributed by atoms with van der Waals surface area (Å²) in [6.45, 7) is 0.370. The minimum Gasteiger partial charge on any atom is -0.474 e. The predicted molar refractivity (Wildman–Crippen MR) is 39.1 cm³/mol. The van der Waals surface area contributed by atoms with Gasteiger partial charge in [0.15, 0.2) is 0 Å². The van der Waals surface area contributed by atoms with Gasteiger partial charge in [-0.15, -0.1) is 0 Å². The molecular formula is C5H9NO3S. The Labute approximate surface area is 64.0 Å². The first-order chi connectivity index (χ1) is 4.68. The number of carbonyl (C=O) groups excluding carboxylic acids is 1. The second kappa shape index (κ2) is 5.10. The topological polar surface area (TPSA) is 66.4 Å². The average Bonchev–Trinajstić information content (AvgIpc) is 1.88. The maximum atomic E-state index is 10.3. The molecule has 1 amide bonds. The van der Waals surface area contributed by atoms with E-state index in [0.717, 1.165) is 0 Å². The summed E-state index contributed by atoms with van der Waals surface area (Å²) in [4.78, 5) is 20.1. The lowest BCUT2D eigenvalue weighted by Gasteiger charge is -1.97. The van der Waals surface area contributed by atoms with Gasteiger partial charge in [-0.1, -0.05) is 0 Å². The van der Waals surface area contributed by atoms with Gasteiger partial charge in [0.1, 0.15) is 0 Å². The highest BCUT2D eigenvalue weighted by atomic mass is 32.1. The lowest BCUT2D eigenvalue weighted by atomic mass is 10.4. The SMILES string of the molecule is O=C(O)C(=O)NCCCS. The van der Waals surface area contributed by atoms with E-state index >= 15 is 0 Å². The molecule has 0 spiro atoms. The Balaban J connectivity index is 3.31. The number of aliphatic carboxylic acids is 1. The van der Waals surface area contributed by atoms with Crippen molar-refractivity contribution in [2.45, 2.75) is 6.42 Å². The van der Waals surface area contributed by atoms with Gasteiger partial charge in [0, 0.05) is 6.54 Å². The van der Waals surface area contributed by atoms with Crippen LogP contribution in [0.2, 0.25) is 0 Å². The summed E-state index contributed by atoms with van der Waals surface area (Å²) >= 11 is 3.88. The molecule has 0 bridgehead atoms. The quantitative estimate of drug-likeness (QED) is 0.299. The van der Waals surface area contributed by atoms with Crippen molar-refractivity contribution in [1.29, 1.82) is 0 Å². The van der Waals surface area contributed by atoms with Crippen LogP contribution in [0.4, 0.5) is 0 Å². The van der Waals surface area contributed by atoms with Crippen LogP contribution in [-0.4, -0.2) is 29.3 Å². The van der Waals surface area contributed by atoms with E-state index in [4.69, 9.17) is 5.11 Å². The van der Waals surface area contributed by atoms with Crippen molar-refractivity contribution in [3.63, 3.8) is 0 Å². The minimum absolute atomic E-state index is 0.370. The number of thiol groups is 1. The summed E-state index contributed by atoms with van der Waals surface area (Å²) in [5.41, 5.74) is 0. The van der Waals surface area contributed by atoms with E-state index in [-0.39, 0.29) is 0 Å². The molecule has 0 fully saturated rings. The number of carboxylic acid groups (broad SMARTS) is 1. The van der Waals surface area contributed by atoms with E-state index in [1.807, 2.05) is 0 Å². The van der Waals surface area contributed by atoms with E-state index in [1.54, 1.807) is 0 Å². The van der Waals surface area contributed by atoms with Crippen LogP contribution in [0, 0.1) is 0 Å². The molecule has 0 radical (unpaired) electrons. The molecule has 4 nitrogen and oxygen atoms in total. The van der Waals surface area contributed by atoms with Crippen molar-refractivity contribution >= 4 is 24.5 Å². The van der Waals surface area contributed by atoms with Crippen LogP contribution < -0.4 is 5.32 Å². The number of hydrogen-bond acceptors (Lipinski definition) is 3. The fraction of sp³-hybridized carbons (Fsp3) is 0.600. The molecule has 58 valence electrons. The molecular weight excluding hydrogens is 154 g/mol. The Morgan fingerprint density at radius 2 is 2.10 bits per heavy atom. The van der Waals surface area contributed by atoms with Gasteiger partial charge in [-0.05, 0) is 12.2 Å². The van der Waals surface area contributed by atoms with Gasteiger partial charge in [-0.2, -0.15) is 12.6 Å². The van der Waals surface area contributed by atoms with Crippen LogP contribution in [0.3, 0.4) is 0 Å². The van der Waals surface area contributed by atoms with E-state index in [0.29, 0.717) is 18.7 Å². The van der Waals surface area contributed by atoms with Gasteiger partial charge in [0.25, 0.3) is 0 Å². The van der Waals surface area contributed by atoms with Crippen molar-refractivity contribution < 1.29 is 14.7 Å². The van der Waals surface area contributed by atoms with Crippen molar-refractivity contribution in [3.05, 3.63) is 0 Å². The van der Waals surface area contributed by atoms with Crippen molar-refractivity contribution in [2.24, 2.45) is 0 Å². The first kappa shape index (κ1) is 9.29. The molecule has 5 heteroatoms. The molecule has 10 heavy (non-hydrogen) atoms. The third kappa shape index (κ3) is 4.20. The third-order valence-corrected chi connectivity index (χ3v) is 1.13. The molecule has 0 aliphatic rings. The zero-order valence-corrected chi connectivity index (χ0v) is 6.23. The van der Waals surface area contributed by atoms with Crippen LogP contribution in [0.15, 0.2) is 0 Å². The lowest BCUT2D eigenvalue weighted by molar-refractivity contribution is -0.150. The first-order valence-corrected chi connectivity index (χ1v) is 3.43. The highest BCUT2D eigenvalue weighted by Gasteiger charge is 2.07. The monoisotopic (exact) mass is 163 g/mol. The number of nitrogens with one attached hydrogen (secondary N) is 1. The van der Waals surface area contributed by atoms with Gasteiger partial charge in [-0.3, -0.25) is 4.79 Å². The van der Waals surface area contributed by atoms with E-state index in [1.165, 1.54) is 0 Å². The van der Waals surface area contributed by atoms with Gasteiger partial charge >= 0.3 is 11.9 Å². The Bertz CT molecular complexity index is 137. The fourth-order valence-electron chi connectivity index (χ4n) is 0.357. The average molecular weight is 163 g/mol. The van der Waals surface area contributed by atoms with Crippen molar-refractivity contribution in [3.8, 4) is 0 Å². The second-order valence-electron chi connectivity index (χ2n) is 1.64. The first-order valence-electron chi connectivity index (χ1n) is 2.80. The van der Waals surface area contributed by atoms with Crippen molar-refractivity contribution in [2.75, 3.05) is 12.3 Å². The second-order valence-corrected chi connectivity index (χ2v) is 2.09. The third-order valence-electron chi connectivity index (χ3n) is 0.815. The summed E-state index contributed by atoms with van der Waals surface area (Å²) in [5.74, 6) is -1.76. The molecule has 0 saturated carbocycles. The molecule has 0 aliphatic heterocycles. The standard InChI is InChI=1S/C5H9NO3S/c7-4(5(8)9)6-2-1-3-10/h10H,1-3H2,(H,6,7)(H,8,9). The number of hydrogen-bond donors (Lipinski definition) is 3. The maximum absolute atomic E-state index is 10.3. The van der Waals surface area contributed by atoms with E-state index in [9.17, 15) is 9.59 Å². The summed E-state index contributed by atoms with van der Waals surface area (Å²) in [6, 6.07) is 0. The van der Waals surface area contributed by atoms with E-state index in [2.05, 4.69) is 17.9 Å². The summed E-state index contributed by atoms with van der Waals surface area (Å²) in [6.07, 6.45) is 0.683. The number of rotatable bonds is 3. The van der Waals surface area contributed by atoms with E-state index < -0.39 is 11.9 Å². The number of amides is 1. The molecule has 0 saturated heterocycles. The molecule has 0 aromatic carbocycles. The highest BCUT2D eigenvalue weighted by molar-refractivity contribution is 7.80. The zero-order chi connectivity index (χ0) is 7.98. The molecule has 2 N–H and O–H groups in total. The Morgan fingerprint density at radius 1 is 1.50 bits per heavy atom. The molecule has 0 rings (SSSR count). The van der Waals surface area contributed by atoms with Crippen LogP contribution in [0.1, 0.15) is 6.42 Å². The highest BCUT2D eigenvalue weighted by Crippen LogP contribution is 1.79. The predicted octanol–water partition coefficient (Wildman–Crippen LogP) is -0.493. The Kier molecular flexibility index (Phi) is 4.74. The van der Waals surface area contributed by atoms with Gasteiger partial charge in [0.05, 0.1) is 0 Å². The molecule has 0 unspecified atom stereocenters. The molecule has 0 aliphatic carbocycles. The molecule has 0 heterocycles. The largest absolute Gasteiger partial charge is 0.474 e. The lowest BCUT2D eigenvalue weighted by Crippen LogP contribution is -2.31. The maximum Gasteiger partial charge on any atom is 0.394 e. The summed E-state index contributed by atoms with van der Waals surface area (Å²) < 4.78 is 0. The van der Waals surface area contributed by atoms with Gasteiger partial charge in [0.2, 0.25) is 0 Å². The summed E-state index contributed by atoms with van der Waals surface area (Å²) in [5, 5.41) is 10.2. The van der Waals surface area contributed by atoms with Crippen LogP contribution in [0.5, 0.6) is 0 Å². The minimum atomic E-state index is -1.45.